The first-order valence-corrected chi connectivity index (χ1v) is 6.34. The predicted octanol–water partition coefficient (Wildman–Crippen LogP) is 1.41. The second-order valence-electron chi connectivity index (χ2n) is 3.83. The smallest absolute Gasteiger partial charge is 0.360 e. The molecule has 10 heteroatoms. The van der Waals surface area contributed by atoms with E-state index in [1.165, 1.54) is 30.3 Å². The van der Waals surface area contributed by atoms with E-state index >= 15 is 0 Å². The summed E-state index contributed by atoms with van der Waals surface area (Å²) in [6.07, 6.45) is 2.65. The van der Waals surface area contributed by atoms with Crippen molar-refractivity contribution in [2.45, 2.75) is 6.54 Å². The summed E-state index contributed by atoms with van der Waals surface area (Å²) in [5, 5.41) is 10.3. The number of hydrogen-bond donors (Lipinski definition) is 1. The van der Waals surface area contributed by atoms with E-state index in [-0.39, 0.29) is 23.1 Å². The molecule has 0 aromatic carbocycles. The lowest BCUT2D eigenvalue weighted by Crippen LogP contribution is -2.20. The van der Waals surface area contributed by atoms with Crippen LogP contribution in [0, 0.1) is 0 Å². The van der Waals surface area contributed by atoms with Gasteiger partial charge < -0.3 is 10.1 Å². The van der Waals surface area contributed by atoms with E-state index in [0.29, 0.717) is 5.02 Å². The van der Waals surface area contributed by atoms with Crippen LogP contribution in [0.2, 0.25) is 10.0 Å². The Kier molecular flexibility index (Phi) is 4.71. The number of pyridine rings is 1. The molecule has 1 amide bonds. The highest BCUT2D eigenvalue weighted by atomic mass is 35.5. The average molecular weight is 330 g/mol. The number of nitrogens with one attached hydrogen (secondary N) is 1. The van der Waals surface area contributed by atoms with Crippen LogP contribution < -0.4 is 5.32 Å². The third-order valence-electron chi connectivity index (χ3n) is 2.30. The van der Waals surface area contributed by atoms with Gasteiger partial charge in [0, 0.05) is 6.20 Å². The number of hydrogen-bond acceptors (Lipinski definition) is 6. The molecule has 0 aliphatic carbocycles. The topological polar surface area (TPSA) is 99.0 Å². The highest BCUT2D eigenvalue weighted by Crippen LogP contribution is 2.22. The Bertz CT molecular complexity index is 688. The van der Waals surface area contributed by atoms with Gasteiger partial charge in [-0.2, -0.15) is 0 Å². The number of aromatic nitrogens is 4. The first-order chi connectivity index (χ1) is 9.99. The van der Waals surface area contributed by atoms with Crippen molar-refractivity contribution < 1.29 is 14.3 Å². The molecule has 0 aliphatic heterocycles. The highest BCUT2D eigenvalue weighted by Gasteiger charge is 2.13. The number of rotatable bonds is 4. The lowest BCUT2D eigenvalue weighted by atomic mass is 10.4. The number of carbonyl (C=O) groups excluding carboxylic acids is 2. The fourth-order valence-electron chi connectivity index (χ4n) is 1.40. The molecule has 2 aromatic rings. The molecule has 0 radical (unpaired) electrons. The van der Waals surface area contributed by atoms with Crippen molar-refractivity contribution in [1.29, 1.82) is 0 Å². The van der Waals surface area contributed by atoms with Crippen molar-refractivity contribution in [3.8, 4) is 0 Å². The summed E-state index contributed by atoms with van der Waals surface area (Å²) >= 11 is 11.6. The molecule has 8 nitrogen and oxygen atoms in total. The Morgan fingerprint density at radius 2 is 2.19 bits per heavy atom. The minimum absolute atomic E-state index is 0.00736. The quantitative estimate of drug-likeness (QED) is 0.851. The number of halogens is 2. The molecular weight excluding hydrogens is 321 g/mol. The molecular formula is C11H9Cl2N5O3. The zero-order valence-corrected chi connectivity index (χ0v) is 12.2. The molecule has 2 rings (SSSR count). The van der Waals surface area contributed by atoms with Gasteiger partial charge in [0.15, 0.2) is 11.5 Å². The minimum Gasteiger partial charge on any atom is -0.464 e. The number of ether oxygens (including phenoxy) is 1. The first kappa shape index (κ1) is 15.2. The Balaban J connectivity index is 2.01. The maximum Gasteiger partial charge on any atom is 0.360 e. The van der Waals surface area contributed by atoms with Crippen molar-refractivity contribution in [1.82, 2.24) is 20.0 Å². The Morgan fingerprint density at radius 1 is 1.43 bits per heavy atom. The molecule has 2 aromatic heterocycles. The fourth-order valence-corrected chi connectivity index (χ4v) is 1.83. The molecule has 0 spiro atoms. The number of carbonyl (C=O) groups is 2. The van der Waals surface area contributed by atoms with Crippen LogP contribution >= 0.6 is 23.2 Å². The summed E-state index contributed by atoms with van der Waals surface area (Å²) in [6, 6.07) is 1.45. The highest BCUT2D eigenvalue weighted by molar-refractivity contribution is 6.36. The molecule has 0 saturated heterocycles. The van der Waals surface area contributed by atoms with Gasteiger partial charge in [-0.15, -0.1) is 5.10 Å². The van der Waals surface area contributed by atoms with E-state index in [1.54, 1.807) is 0 Å². The van der Waals surface area contributed by atoms with Gasteiger partial charge in [-0.25, -0.2) is 14.5 Å². The van der Waals surface area contributed by atoms with Crippen molar-refractivity contribution in [3.63, 3.8) is 0 Å². The monoisotopic (exact) mass is 329 g/mol. The van der Waals surface area contributed by atoms with Crippen LogP contribution in [-0.4, -0.2) is 39.0 Å². The molecule has 1 N–H and O–H groups in total. The van der Waals surface area contributed by atoms with Crippen molar-refractivity contribution >= 4 is 40.9 Å². The van der Waals surface area contributed by atoms with E-state index in [1.807, 2.05) is 0 Å². The van der Waals surface area contributed by atoms with Gasteiger partial charge in [0.25, 0.3) is 0 Å². The normalized spacial score (nSPS) is 10.2. The van der Waals surface area contributed by atoms with E-state index < -0.39 is 11.9 Å². The van der Waals surface area contributed by atoms with Gasteiger partial charge in [0.1, 0.15) is 6.54 Å². The molecule has 2 heterocycles. The second-order valence-corrected chi connectivity index (χ2v) is 4.67. The lowest BCUT2D eigenvalue weighted by Gasteiger charge is -2.05. The van der Waals surface area contributed by atoms with Gasteiger partial charge in [0.05, 0.1) is 23.4 Å². The van der Waals surface area contributed by atoms with Crippen LogP contribution in [0.4, 0.5) is 5.82 Å². The third-order valence-corrected chi connectivity index (χ3v) is 2.80. The Labute approximate surface area is 129 Å². The largest absolute Gasteiger partial charge is 0.464 e. The molecule has 0 aliphatic rings. The summed E-state index contributed by atoms with van der Waals surface area (Å²) in [4.78, 5) is 26.9. The molecule has 0 saturated carbocycles. The van der Waals surface area contributed by atoms with E-state index in [9.17, 15) is 9.59 Å². The second kappa shape index (κ2) is 6.51. The predicted molar refractivity (Wildman–Crippen MR) is 74.2 cm³/mol. The number of esters is 1. The maximum atomic E-state index is 11.8. The zero-order valence-electron chi connectivity index (χ0n) is 10.7. The number of methoxy groups -OCH3 is 1. The number of amides is 1. The molecule has 0 unspecified atom stereocenters. The zero-order chi connectivity index (χ0) is 15.4. The van der Waals surface area contributed by atoms with Gasteiger partial charge in [-0.1, -0.05) is 28.4 Å². The van der Waals surface area contributed by atoms with Crippen molar-refractivity contribution in [3.05, 3.63) is 34.2 Å². The van der Waals surface area contributed by atoms with Crippen LogP contribution in [-0.2, 0) is 16.1 Å². The number of anilines is 1. The SMILES string of the molecule is COC(=O)c1cn(CC(=O)Nc2ncc(Cl)cc2Cl)nn1. The van der Waals surface area contributed by atoms with Crippen LogP contribution in [0.15, 0.2) is 18.5 Å². The summed E-state index contributed by atoms with van der Waals surface area (Å²) < 4.78 is 5.67. The Hall–Kier alpha value is -2.19. The van der Waals surface area contributed by atoms with E-state index in [2.05, 4.69) is 25.3 Å². The van der Waals surface area contributed by atoms with Crippen LogP contribution in [0.25, 0.3) is 0 Å². The van der Waals surface area contributed by atoms with Crippen molar-refractivity contribution in [2.24, 2.45) is 0 Å². The standard InChI is InChI=1S/C11H9Cl2N5O3/c1-21-11(20)8-4-18(17-16-8)5-9(19)15-10-7(13)2-6(12)3-14-10/h2-4H,5H2,1H3,(H,14,15,19). The van der Waals surface area contributed by atoms with E-state index in [4.69, 9.17) is 23.2 Å². The molecule has 0 bridgehead atoms. The van der Waals surface area contributed by atoms with Crippen LogP contribution in [0.1, 0.15) is 10.5 Å². The van der Waals surface area contributed by atoms with Gasteiger partial charge in [-0.3, -0.25) is 4.79 Å². The molecule has 21 heavy (non-hydrogen) atoms. The maximum absolute atomic E-state index is 11.8. The summed E-state index contributed by atoms with van der Waals surface area (Å²) in [6.45, 7) is -0.162. The Morgan fingerprint density at radius 3 is 2.86 bits per heavy atom. The molecule has 0 atom stereocenters. The minimum atomic E-state index is -0.635. The average Bonchev–Trinajstić information content (AvgIpc) is 2.89. The summed E-state index contributed by atoms with van der Waals surface area (Å²) in [5.74, 6) is -0.892. The third kappa shape index (κ3) is 3.89. The van der Waals surface area contributed by atoms with Gasteiger partial charge in [-0.05, 0) is 6.07 Å². The summed E-state index contributed by atoms with van der Waals surface area (Å²) in [7, 11) is 1.22. The van der Waals surface area contributed by atoms with Crippen LogP contribution in [0.5, 0.6) is 0 Å². The summed E-state index contributed by atoms with van der Waals surface area (Å²) in [5.41, 5.74) is 0.00736. The molecule has 110 valence electrons. The van der Waals surface area contributed by atoms with Gasteiger partial charge >= 0.3 is 5.97 Å². The van der Waals surface area contributed by atoms with Gasteiger partial charge in [0.2, 0.25) is 5.91 Å². The lowest BCUT2D eigenvalue weighted by molar-refractivity contribution is -0.117. The number of nitrogens with zero attached hydrogens (tertiary/aromatic N) is 4. The molecule has 0 fully saturated rings. The van der Waals surface area contributed by atoms with Crippen LogP contribution in [0.3, 0.4) is 0 Å². The van der Waals surface area contributed by atoms with E-state index in [0.717, 1.165) is 0 Å². The fraction of sp³-hybridized carbons (Fsp3) is 0.182. The first-order valence-electron chi connectivity index (χ1n) is 5.59. The van der Waals surface area contributed by atoms with Crippen molar-refractivity contribution in [2.75, 3.05) is 12.4 Å².